The zero-order chi connectivity index (χ0) is 18.0. The number of carboxylic acids is 1. The fourth-order valence-corrected chi connectivity index (χ4v) is 4.55. The van der Waals surface area contributed by atoms with Crippen LogP contribution in [0, 0.1) is 6.92 Å². The minimum atomic E-state index is -0.999. The SMILES string of the molecule is Cc1nc2c(s1)C(N(C)CCOc1ccc(C(=O)O)cc1Cl)CCC2. The first-order chi connectivity index (χ1) is 12.0. The molecular weight excluding hydrogens is 360 g/mol. The van der Waals surface area contributed by atoms with Crippen molar-refractivity contribution < 1.29 is 14.6 Å². The summed E-state index contributed by atoms with van der Waals surface area (Å²) in [4.78, 5) is 19.3. The van der Waals surface area contributed by atoms with Crippen LogP contribution >= 0.6 is 22.9 Å². The lowest BCUT2D eigenvalue weighted by molar-refractivity contribution is 0.0697. The number of ether oxygens (including phenoxy) is 1. The normalized spacial score (nSPS) is 16.7. The molecule has 0 spiro atoms. The monoisotopic (exact) mass is 380 g/mol. The lowest BCUT2D eigenvalue weighted by Crippen LogP contribution is -2.30. The molecule has 1 aliphatic rings. The van der Waals surface area contributed by atoms with E-state index in [1.54, 1.807) is 17.4 Å². The fourth-order valence-electron chi connectivity index (χ4n) is 3.15. The van der Waals surface area contributed by atoms with Crippen LogP contribution in [-0.2, 0) is 6.42 Å². The minimum Gasteiger partial charge on any atom is -0.491 e. The van der Waals surface area contributed by atoms with Gasteiger partial charge in [0.1, 0.15) is 12.4 Å². The number of hydrogen-bond acceptors (Lipinski definition) is 5. The Balaban J connectivity index is 1.58. The summed E-state index contributed by atoms with van der Waals surface area (Å²) in [6, 6.07) is 4.91. The second-order valence-electron chi connectivity index (χ2n) is 6.23. The Kier molecular flexibility index (Phi) is 5.61. The molecule has 1 N–H and O–H groups in total. The van der Waals surface area contributed by atoms with Crippen LogP contribution in [0.3, 0.4) is 0 Å². The van der Waals surface area contributed by atoms with E-state index in [1.165, 1.54) is 22.7 Å². The topological polar surface area (TPSA) is 62.7 Å². The predicted molar refractivity (Wildman–Crippen MR) is 99.1 cm³/mol. The molecule has 0 fully saturated rings. The van der Waals surface area contributed by atoms with Gasteiger partial charge in [-0.2, -0.15) is 0 Å². The minimum absolute atomic E-state index is 0.157. The molecule has 1 heterocycles. The second kappa shape index (κ2) is 7.72. The van der Waals surface area contributed by atoms with Crippen LogP contribution in [0.5, 0.6) is 5.75 Å². The van der Waals surface area contributed by atoms with Gasteiger partial charge in [-0.25, -0.2) is 9.78 Å². The summed E-state index contributed by atoms with van der Waals surface area (Å²) >= 11 is 7.89. The third kappa shape index (κ3) is 4.14. The molecular formula is C18H21ClN2O3S. The highest BCUT2D eigenvalue weighted by atomic mass is 35.5. The van der Waals surface area contributed by atoms with Crippen molar-refractivity contribution in [2.75, 3.05) is 20.2 Å². The first kappa shape index (κ1) is 18.2. The molecule has 0 aliphatic heterocycles. The molecule has 25 heavy (non-hydrogen) atoms. The van der Waals surface area contributed by atoms with Gasteiger partial charge in [0.2, 0.25) is 0 Å². The van der Waals surface area contributed by atoms with Gasteiger partial charge in [-0.15, -0.1) is 11.3 Å². The van der Waals surface area contributed by atoms with E-state index in [0.717, 1.165) is 30.8 Å². The van der Waals surface area contributed by atoms with Crippen molar-refractivity contribution >= 4 is 28.9 Å². The lowest BCUT2D eigenvalue weighted by atomic mass is 9.97. The maximum atomic E-state index is 10.9. The Morgan fingerprint density at radius 3 is 3.04 bits per heavy atom. The summed E-state index contributed by atoms with van der Waals surface area (Å²) in [5.74, 6) is -0.487. The van der Waals surface area contributed by atoms with E-state index >= 15 is 0 Å². The number of carboxylic acid groups (broad SMARTS) is 1. The van der Waals surface area contributed by atoms with Crippen LogP contribution in [0.2, 0.25) is 5.02 Å². The van der Waals surface area contributed by atoms with Gasteiger partial charge in [-0.3, -0.25) is 4.90 Å². The molecule has 0 amide bonds. The van der Waals surface area contributed by atoms with Gasteiger partial charge in [0.25, 0.3) is 0 Å². The molecule has 0 bridgehead atoms. The van der Waals surface area contributed by atoms with Crippen LogP contribution in [0.4, 0.5) is 0 Å². The first-order valence-corrected chi connectivity index (χ1v) is 9.47. The van der Waals surface area contributed by atoms with E-state index in [9.17, 15) is 4.79 Å². The Labute approximate surface area is 156 Å². The average Bonchev–Trinajstić information content (AvgIpc) is 2.95. The molecule has 2 aromatic rings. The first-order valence-electron chi connectivity index (χ1n) is 8.28. The molecule has 7 heteroatoms. The Morgan fingerprint density at radius 1 is 1.52 bits per heavy atom. The van der Waals surface area contributed by atoms with Crippen molar-refractivity contribution in [2.45, 2.75) is 32.2 Å². The van der Waals surface area contributed by atoms with Crippen LogP contribution < -0.4 is 4.74 Å². The predicted octanol–water partition coefficient (Wildman–Crippen LogP) is 4.19. The van der Waals surface area contributed by atoms with Gasteiger partial charge in [-0.05, 0) is 51.4 Å². The van der Waals surface area contributed by atoms with Crippen LogP contribution in [0.25, 0.3) is 0 Å². The number of fused-ring (bicyclic) bond motifs is 1. The number of benzene rings is 1. The van der Waals surface area contributed by atoms with Crippen LogP contribution in [0.1, 0.15) is 44.8 Å². The highest BCUT2D eigenvalue weighted by Crippen LogP contribution is 2.37. The number of hydrogen-bond donors (Lipinski definition) is 1. The summed E-state index contributed by atoms with van der Waals surface area (Å²) < 4.78 is 5.75. The van der Waals surface area contributed by atoms with E-state index in [4.69, 9.17) is 21.4 Å². The Morgan fingerprint density at radius 2 is 2.32 bits per heavy atom. The third-order valence-electron chi connectivity index (χ3n) is 4.44. The summed E-state index contributed by atoms with van der Waals surface area (Å²) in [5, 5.41) is 10.4. The zero-order valence-corrected chi connectivity index (χ0v) is 15.9. The van der Waals surface area contributed by atoms with Crippen LogP contribution in [-0.4, -0.2) is 41.2 Å². The molecule has 1 unspecified atom stereocenters. The number of nitrogens with zero attached hydrogens (tertiary/aromatic N) is 2. The molecule has 0 saturated carbocycles. The molecule has 0 saturated heterocycles. The van der Waals surface area contributed by atoms with E-state index < -0.39 is 5.97 Å². The van der Waals surface area contributed by atoms with E-state index in [0.29, 0.717) is 23.4 Å². The number of aryl methyl sites for hydroxylation is 2. The Bertz CT molecular complexity index is 778. The van der Waals surface area contributed by atoms with Gasteiger partial charge in [0.05, 0.1) is 21.3 Å². The standard InChI is InChI=1S/C18H21ClN2O3S/c1-11-20-14-4-3-5-15(17(14)25-11)21(2)8-9-24-16-7-6-12(18(22)23)10-13(16)19/h6-7,10,15H,3-5,8-9H2,1-2H3,(H,22,23). The molecule has 5 nitrogen and oxygen atoms in total. The van der Waals surface area contributed by atoms with Gasteiger partial charge >= 0.3 is 5.97 Å². The number of rotatable bonds is 6. The summed E-state index contributed by atoms with van der Waals surface area (Å²) in [7, 11) is 2.10. The molecule has 1 atom stereocenters. The maximum Gasteiger partial charge on any atom is 0.335 e. The third-order valence-corrected chi connectivity index (χ3v) is 5.85. The number of thiazole rings is 1. The largest absolute Gasteiger partial charge is 0.491 e. The molecule has 134 valence electrons. The van der Waals surface area contributed by atoms with Gasteiger partial charge in [-0.1, -0.05) is 11.6 Å². The van der Waals surface area contributed by atoms with Crippen molar-refractivity contribution in [1.29, 1.82) is 0 Å². The van der Waals surface area contributed by atoms with Crippen molar-refractivity contribution in [3.05, 3.63) is 44.4 Å². The van der Waals surface area contributed by atoms with Crippen molar-refractivity contribution in [3.8, 4) is 5.75 Å². The highest BCUT2D eigenvalue weighted by Gasteiger charge is 2.26. The molecule has 1 aliphatic carbocycles. The summed E-state index contributed by atoms with van der Waals surface area (Å²) in [6.07, 6.45) is 3.37. The average molecular weight is 381 g/mol. The highest BCUT2D eigenvalue weighted by molar-refractivity contribution is 7.11. The van der Waals surface area contributed by atoms with Crippen molar-refractivity contribution in [3.63, 3.8) is 0 Å². The summed E-state index contributed by atoms with van der Waals surface area (Å²) in [6.45, 7) is 3.32. The van der Waals surface area contributed by atoms with E-state index in [1.807, 2.05) is 0 Å². The molecule has 1 aromatic carbocycles. The lowest BCUT2D eigenvalue weighted by Gasteiger charge is -2.30. The smallest absolute Gasteiger partial charge is 0.335 e. The number of carbonyl (C=O) groups is 1. The van der Waals surface area contributed by atoms with Gasteiger partial charge in [0.15, 0.2) is 0 Å². The van der Waals surface area contributed by atoms with Gasteiger partial charge in [0, 0.05) is 17.5 Å². The van der Waals surface area contributed by atoms with Crippen LogP contribution in [0.15, 0.2) is 18.2 Å². The number of aromatic carboxylic acids is 1. The van der Waals surface area contributed by atoms with Gasteiger partial charge < -0.3 is 9.84 Å². The fraction of sp³-hybridized carbons (Fsp3) is 0.444. The van der Waals surface area contributed by atoms with E-state index in [-0.39, 0.29) is 5.56 Å². The maximum absolute atomic E-state index is 10.9. The number of halogens is 1. The molecule has 1 aromatic heterocycles. The second-order valence-corrected chi connectivity index (χ2v) is 7.87. The number of likely N-dealkylation sites (N-methyl/N-ethyl adjacent to an activating group) is 1. The quantitative estimate of drug-likeness (QED) is 0.814. The molecule has 0 radical (unpaired) electrons. The van der Waals surface area contributed by atoms with Crippen molar-refractivity contribution in [1.82, 2.24) is 9.88 Å². The zero-order valence-electron chi connectivity index (χ0n) is 14.3. The summed E-state index contributed by atoms with van der Waals surface area (Å²) in [5.41, 5.74) is 1.41. The van der Waals surface area contributed by atoms with E-state index in [2.05, 4.69) is 23.9 Å². The molecule has 3 rings (SSSR count). The number of aromatic nitrogens is 1. The van der Waals surface area contributed by atoms with Crippen molar-refractivity contribution in [2.24, 2.45) is 0 Å². The Hall–Kier alpha value is -1.63.